The topological polar surface area (TPSA) is 58.2 Å². The lowest BCUT2D eigenvalue weighted by Gasteiger charge is -2.13. The zero-order valence-corrected chi connectivity index (χ0v) is 17.5. The molecule has 0 saturated heterocycles. The molecule has 0 aromatic heterocycles. The van der Waals surface area contributed by atoms with Crippen LogP contribution < -0.4 is 10.6 Å². The van der Waals surface area contributed by atoms with Crippen LogP contribution in [0.25, 0.3) is 0 Å². The highest BCUT2D eigenvalue weighted by molar-refractivity contribution is 6.37. The molecule has 0 saturated carbocycles. The molecule has 2 aromatic rings. The Balaban J connectivity index is 1.78. The summed E-state index contributed by atoms with van der Waals surface area (Å²) in [5, 5.41) is 7.24. The van der Waals surface area contributed by atoms with Crippen LogP contribution >= 0.6 is 46.4 Å². The van der Waals surface area contributed by atoms with Crippen LogP contribution in [0.15, 0.2) is 36.4 Å². The minimum absolute atomic E-state index is 0.0162. The summed E-state index contributed by atoms with van der Waals surface area (Å²) in [7, 11) is 0. The molecule has 1 atom stereocenters. The molecule has 0 spiro atoms. The quantitative estimate of drug-likeness (QED) is 0.496. The highest BCUT2D eigenvalue weighted by atomic mass is 35.5. The van der Waals surface area contributed by atoms with Gasteiger partial charge in [0.1, 0.15) is 0 Å². The van der Waals surface area contributed by atoms with Crippen LogP contribution in [0, 0.1) is 5.92 Å². The zero-order chi connectivity index (χ0) is 20.0. The van der Waals surface area contributed by atoms with Gasteiger partial charge in [0.25, 0.3) is 0 Å². The lowest BCUT2D eigenvalue weighted by Crippen LogP contribution is -2.17. The van der Waals surface area contributed by atoms with Crippen molar-refractivity contribution < 1.29 is 9.59 Å². The van der Waals surface area contributed by atoms with Crippen molar-refractivity contribution in [3.63, 3.8) is 0 Å². The maximum absolute atomic E-state index is 12.1. The van der Waals surface area contributed by atoms with Crippen molar-refractivity contribution in [2.75, 3.05) is 10.6 Å². The van der Waals surface area contributed by atoms with Gasteiger partial charge in [-0.05, 0) is 48.7 Å². The summed E-state index contributed by atoms with van der Waals surface area (Å²) in [5.74, 6) is -0.331. The molecular formula is C19H18Cl4N2O2. The maximum atomic E-state index is 12.1. The first-order valence-corrected chi connectivity index (χ1v) is 9.75. The molecule has 2 rings (SSSR count). The third kappa shape index (κ3) is 7.23. The molecule has 27 heavy (non-hydrogen) atoms. The van der Waals surface area contributed by atoms with E-state index in [1.165, 1.54) is 0 Å². The Labute approximate surface area is 178 Å². The first-order chi connectivity index (χ1) is 12.7. The molecule has 0 fully saturated rings. The van der Waals surface area contributed by atoms with Gasteiger partial charge in [-0.1, -0.05) is 53.3 Å². The van der Waals surface area contributed by atoms with E-state index in [2.05, 4.69) is 10.6 Å². The average Bonchev–Trinajstić information content (AvgIpc) is 2.58. The van der Waals surface area contributed by atoms with Crippen molar-refractivity contribution >= 4 is 69.6 Å². The SMILES string of the molecule is CC(CCC(=O)Nc1ccc(Cl)cc1Cl)CC(=O)Nc1ccc(Cl)cc1Cl. The number of hydrogen-bond acceptors (Lipinski definition) is 2. The Bertz CT molecular complexity index is 842. The molecule has 2 N–H and O–H groups in total. The van der Waals surface area contributed by atoms with E-state index >= 15 is 0 Å². The van der Waals surface area contributed by atoms with Gasteiger partial charge in [-0.15, -0.1) is 0 Å². The number of carbonyl (C=O) groups excluding carboxylic acids is 2. The predicted molar refractivity (Wildman–Crippen MR) is 113 cm³/mol. The third-order valence-corrected chi connectivity index (χ3v) is 4.90. The smallest absolute Gasteiger partial charge is 0.224 e. The van der Waals surface area contributed by atoms with Crippen LogP contribution in [-0.4, -0.2) is 11.8 Å². The van der Waals surface area contributed by atoms with Crippen molar-refractivity contribution in [3.05, 3.63) is 56.5 Å². The summed E-state index contributed by atoms with van der Waals surface area (Å²) < 4.78 is 0. The van der Waals surface area contributed by atoms with E-state index < -0.39 is 0 Å². The fraction of sp³-hybridized carbons (Fsp3) is 0.263. The number of rotatable bonds is 7. The number of halogens is 4. The summed E-state index contributed by atoms with van der Waals surface area (Å²) in [6.45, 7) is 1.91. The third-order valence-electron chi connectivity index (χ3n) is 3.81. The molecule has 2 aromatic carbocycles. The predicted octanol–water partition coefficient (Wildman–Crippen LogP) is 6.68. The Hall–Kier alpha value is -1.46. The van der Waals surface area contributed by atoms with E-state index in [0.717, 1.165) is 0 Å². The van der Waals surface area contributed by atoms with Crippen LogP contribution in [0.1, 0.15) is 26.2 Å². The molecule has 0 bridgehead atoms. The first-order valence-electron chi connectivity index (χ1n) is 8.24. The summed E-state index contributed by atoms with van der Waals surface area (Å²) in [6.07, 6.45) is 1.10. The van der Waals surface area contributed by atoms with E-state index in [-0.39, 0.29) is 30.6 Å². The van der Waals surface area contributed by atoms with Crippen LogP contribution in [0.4, 0.5) is 11.4 Å². The van der Waals surface area contributed by atoms with Gasteiger partial charge in [-0.25, -0.2) is 0 Å². The van der Waals surface area contributed by atoms with E-state index in [0.29, 0.717) is 37.9 Å². The minimum atomic E-state index is -0.174. The van der Waals surface area contributed by atoms with Crippen LogP contribution in [-0.2, 0) is 9.59 Å². The highest BCUT2D eigenvalue weighted by Gasteiger charge is 2.14. The van der Waals surface area contributed by atoms with Crippen molar-refractivity contribution in [2.45, 2.75) is 26.2 Å². The Morgan fingerprint density at radius 1 is 0.852 bits per heavy atom. The van der Waals surface area contributed by atoms with Crippen molar-refractivity contribution in [3.8, 4) is 0 Å². The second-order valence-corrected chi connectivity index (χ2v) is 7.88. The molecule has 0 aliphatic heterocycles. The van der Waals surface area contributed by atoms with Gasteiger partial charge in [-0.2, -0.15) is 0 Å². The normalized spacial score (nSPS) is 11.7. The van der Waals surface area contributed by atoms with Gasteiger partial charge < -0.3 is 10.6 Å². The lowest BCUT2D eigenvalue weighted by molar-refractivity contribution is -0.118. The molecule has 0 heterocycles. The summed E-state index contributed by atoms with van der Waals surface area (Å²) in [5.41, 5.74) is 1.02. The number of carbonyl (C=O) groups is 2. The van der Waals surface area contributed by atoms with E-state index in [4.69, 9.17) is 46.4 Å². The van der Waals surface area contributed by atoms with E-state index in [1.807, 2.05) is 6.92 Å². The summed E-state index contributed by atoms with van der Waals surface area (Å²) in [4.78, 5) is 24.2. The average molecular weight is 448 g/mol. The fourth-order valence-corrected chi connectivity index (χ4v) is 3.30. The molecule has 1 unspecified atom stereocenters. The fourth-order valence-electron chi connectivity index (χ4n) is 2.39. The molecule has 144 valence electrons. The largest absolute Gasteiger partial charge is 0.325 e. The first kappa shape index (κ1) is 21.8. The van der Waals surface area contributed by atoms with Gasteiger partial charge in [0.05, 0.1) is 21.4 Å². The van der Waals surface area contributed by atoms with Crippen LogP contribution in [0.2, 0.25) is 20.1 Å². The second-order valence-electron chi connectivity index (χ2n) is 6.19. The van der Waals surface area contributed by atoms with Crippen LogP contribution in [0.5, 0.6) is 0 Å². The number of anilines is 2. The zero-order valence-electron chi connectivity index (χ0n) is 14.5. The molecule has 0 radical (unpaired) electrons. The second kappa shape index (κ2) is 10.2. The van der Waals surface area contributed by atoms with Crippen molar-refractivity contribution in [2.24, 2.45) is 5.92 Å². The Morgan fingerprint density at radius 2 is 1.33 bits per heavy atom. The summed E-state index contributed by atoms with van der Waals surface area (Å²) >= 11 is 23.7. The lowest BCUT2D eigenvalue weighted by atomic mass is 10.0. The van der Waals surface area contributed by atoms with Crippen LogP contribution in [0.3, 0.4) is 0 Å². The van der Waals surface area contributed by atoms with E-state index in [1.54, 1.807) is 36.4 Å². The maximum Gasteiger partial charge on any atom is 0.224 e. The number of hydrogen-bond donors (Lipinski definition) is 2. The molecule has 8 heteroatoms. The van der Waals surface area contributed by atoms with Gasteiger partial charge >= 0.3 is 0 Å². The van der Waals surface area contributed by atoms with Crippen molar-refractivity contribution in [1.29, 1.82) is 0 Å². The molecular weight excluding hydrogens is 430 g/mol. The number of nitrogens with one attached hydrogen (secondary N) is 2. The van der Waals surface area contributed by atoms with Gasteiger partial charge in [0.2, 0.25) is 11.8 Å². The Morgan fingerprint density at radius 3 is 1.81 bits per heavy atom. The van der Waals surface area contributed by atoms with Gasteiger partial charge in [0.15, 0.2) is 0 Å². The number of benzene rings is 2. The molecule has 2 amide bonds. The Kier molecular flexibility index (Phi) is 8.24. The number of amides is 2. The molecule has 4 nitrogen and oxygen atoms in total. The van der Waals surface area contributed by atoms with Gasteiger partial charge in [-0.3, -0.25) is 9.59 Å². The van der Waals surface area contributed by atoms with E-state index in [9.17, 15) is 9.59 Å². The summed E-state index contributed by atoms with van der Waals surface area (Å²) in [6, 6.07) is 9.73. The monoisotopic (exact) mass is 446 g/mol. The minimum Gasteiger partial charge on any atom is -0.325 e. The molecule has 0 aliphatic carbocycles. The highest BCUT2D eigenvalue weighted by Crippen LogP contribution is 2.27. The standard InChI is InChI=1S/C19H18Cl4N2O2/c1-11(8-19(27)25-17-6-4-13(21)10-15(17)23)2-7-18(26)24-16-5-3-12(20)9-14(16)22/h3-6,9-11H,2,7-8H2,1H3,(H,24,26)(H,25,27). The van der Waals surface area contributed by atoms with Crippen molar-refractivity contribution in [1.82, 2.24) is 0 Å². The molecule has 0 aliphatic rings. The van der Waals surface area contributed by atoms with Gasteiger partial charge in [0, 0.05) is 22.9 Å².